The maximum atomic E-state index is 12.5. The molecule has 1 amide bonds. The van der Waals surface area contributed by atoms with E-state index < -0.39 is 0 Å². The van der Waals surface area contributed by atoms with Crippen molar-refractivity contribution in [2.24, 2.45) is 0 Å². The van der Waals surface area contributed by atoms with Gasteiger partial charge in [0.1, 0.15) is 0 Å². The van der Waals surface area contributed by atoms with Crippen LogP contribution in [0.2, 0.25) is 0 Å². The Bertz CT molecular complexity index is 1060. The number of thioether (sulfide) groups is 1. The first-order valence-electron chi connectivity index (χ1n) is 9.20. The molecule has 0 aliphatic heterocycles. The van der Waals surface area contributed by atoms with Gasteiger partial charge in [-0.3, -0.25) is 9.36 Å². The van der Waals surface area contributed by atoms with Gasteiger partial charge in [-0.1, -0.05) is 42.1 Å². The van der Waals surface area contributed by atoms with E-state index in [0.717, 1.165) is 32.7 Å². The van der Waals surface area contributed by atoms with Crippen molar-refractivity contribution in [2.75, 3.05) is 11.1 Å². The second kappa shape index (κ2) is 9.41. The van der Waals surface area contributed by atoms with Gasteiger partial charge >= 0.3 is 0 Å². The summed E-state index contributed by atoms with van der Waals surface area (Å²) in [7, 11) is 0. The molecule has 7 heteroatoms. The number of anilines is 1. The summed E-state index contributed by atoms with van der Waals surface area (Å²) in [6, 6.07) is 12.0. The molecule has 1 N–H and O–H groups in total. The molecule has 0 radical (unpaired) electrons. The molecule has 0 aliphatic carbocycles. The molecule has 29 heavy (non-hydrogen) atoms. The average molecular weight is 471 g/mol. The lowest BCUT2D eigenvalue weighted by molar-refractivity contribution is -0.113. The molecular formula is C22H23BrN4OS. The number of carbonyl (C=O) groups is 1. The van der Waals surface area contributed by atoms with Gasteiger partial charge in [-0.25, -0.2) is 0 Å². The molecule has 0 atom stereocenters. The Morgan fingerprint density at radius 1 is 1.17 bits per heavy atom. The number of rotatable bonds is 7. The highest BCUT2D eigenvalue weighted by Gasteiger charge is 2.16. The van der Waals surface area contributed by atoms with Crippen molar-refractivity contribution in [3.8, 4) is 11.4 Å². The van der Waals surface area contributed by atoms with Crippen LogP contribution in [0.25, 0.3) is 11.4 Å². The maximum Gasteiger partial charge on any atom is 0.234 e. The number of aromatic nitrogens is 3. The fraction of sp³-hybridized carbons (Fsp3) is 0.227. The molecule has 0 aliphatic rings. The van der Waals surface area contributed by atoms with E-state index in [4.69, 9.17) is 0 Å². The number of nitrogens with one attached hydrogen (secondary N) is 1. The van der Waals surface area contributed by atoms with Gasteiger partial charge in [0.25, 0.3) is 0 Å². The molecule has 0 saturated heterocycles. The largest absolute Gasteiger partial charge is 0.324 e. The van der Waals surface area contributed by atoms with Crippen LogP contribution in [0.3, 0.4) is 0 Å². The van der Waals surface area contributed by atoms with Gasteiger partial charge < -0.3 is 5.32 Å². The summed E-state index contributed by atoms with van der Waals surface area (Å²) in [5.41, 5.74) is 5.22. The Kier molecular flexibility index (Phi) is 6.92. The quantitative estimate of drug-likeness (QED) is 0.363. The Balaban J connectivity index is 1.75. The minimum atomic E-state index is -0.0930. The molecule has 2 aromatic carbocycles. The molecule has 0 saturated carbocycles. The Hall–Kier alpha value is -2.38. The smallest absolute Gasteiger partial charge is 0.234 e. The van der Waals surface area contributed by atoms with Crippen LogP contribution >= 0.6 is 27.7 Å². The van der Waals surface area contributed by atoms with Gasteiger partial charge in [-0.2, -0.15) is 0 Å². The van der Waals surface area contributed by atoms with Crippen molar-refractivity contribution in [1.82, 2.24) is 14.8 Å². The average Bonchev–Trinajstić information content (AvgIpc) is 3.07. The van der Waals surface area contributed by atoms with Crippen LogP contribution in [-0.4, -0.2) is 26.4 Å². The van der Waals surface area contributed by atoms with Gasteiger partial charge in [0.05, 0.1) is 11.4 Å². The number of halogens is 1. The van der Waals surface area contributed by atoms with Crippen LogP contribution in [0.4, 0.5) is 5.69 Å². The molecule has 5 nitrogen and oxygen atoms in total. The molecule has 1 heterocycles. The highest BCUT2D eigenvalue weighted by molar-refractivity contribution is 9.10. The van der Waals surface area contributed by atoms with E-state index in [2.05, 4.69) is 38.0 Å². The number of amides is 1. The lowest BCUT2D eigenvalue weighted by Crippen LogP contribution is -2.15. The number of benzene rings is 2. The van der Waals surface area contributed by atoms with Gasteiger partial charge in [0.2, 0.25) is 5.91 Å². The highest BCUT2D eigenvalue weighted by atomic mass is 79.9. The third-order valence-corrected chi connectivity index (χ3v) is 6.23. The fourth-order valence-corrected chi connectivity index (χ4v) is 4.21. The van der Waals surface area contributed by atoms with Gasteiger partial charge in [0.15, 0.2) is 11.0 Å². The van der Waals surface area contributed by atoms with Crippen molar-refractivity contribution in [2.45, 2.75) is 32.5 Å². The van der Waals surface area contributed by atoms with E-state index in [1.165, 1.54) is 17.3 Å². The third kappa shape index (κ3) is 4.97. The first-order chi connectivity index (χ1) is 13.9. The van der Waals surface area contributed by atoms with Crippen molar-refractivity contribution in [3.63, 3.8) is 0 Å². The molecule has 0 bridgehead atoms. The number of allylic oxidation sites excluding steroid dienone is 1. The minimum Gasteiger partial charge on any atom is -0.324 e. The third-order valence-electron chi connectivity index (χ3n) is 4.60. The summed E-state index contributed by atoms with van der Waals surface area (Å²) in [5.74, 6) is 0.926. The predicted octanol–water partition coefficient (Wildman–Crippen LogP) is 5.55. The monoisotopic (exact) mass is 470 g/mol. The summed E-state index contributed by atoms with van der Waals surface area (Å²) in [5, 5.41) is 12.3. The van der Waals surface area contributed by atoms with Crippen LogP contribution in [0.1, 0.15) is 16.7 Å². The van der Waals surface area contributed by atoms with Crippen LogP contribution < -0.4 is 5.32 Å². The van der Waals surface area contributed by atoms with Crippen molar-refractivity contribution < 1.29 is 4.79 Å². The zero-order chi connectivity index (χ0) is 21.0. The Morgan fingerprint density at radius 2 is 1.90 bits per heavy atom. The summed E-state index contributed by atoms with van der Waals surface area (Å²) in [6.07, 6.45) is 1.81. The van der Waals surface area contributed by atoms with Gasteiger partial charge in [-0.05, 0) is 65.5 Å². The van der Waals surface area contributed by atoms with E-state index in [1.54, 1.807) is 6.08 Å². The topological polar surface area (TPSA) is 59.8 Å². The van der Waals surface area contributed by atoms with E-state index >= 15 is 0 Å². The first kappa shape index (κ1) is 21.3. The summed E-state index contributed by atoms with van der Waals surface area (Å²) in [6.45, 7) is 10.5. The Labute approximate surface area is 183 Å². The molecule has 1 aromatic heterocycles. The van der Waals surface area contributed by atoms with Gasteiger partial charge in [-0.15, -0.1) is 16.8 Å². The van der Waals surface area contributed by atoms with Crippen molar-refractivity contribution in [1.29, 1.82) is 0 Å². The SMILES string of the molecule is C=CCn1c(SCC(=O)Nc2cc(C)c(C)cc2Br)nnc1-c1ccccc1C. The number of hydrogen-bond acceptors (Lipinski definition) is 4. The van der Waals surface area contributed by atoms with Crippen LogP contribution in [0.15, 0.2) is 58.7 Å². The lowest BCUT2D eigenvalue weighted by atomic mass is 10.1. The molecule has 0 fully saturated rings. The summed E-state index contributed by atoms with van der Waals surface area (Å²) in [4.78, 5) is 12.5. The highest BCUT2D eigenvalue weighted by Crippen LogP contribution is 2.28. The normalized spacial score (nSPS) is 10.8. The van der Waals surface area contributed by atoms with Crippen LogP contribution in [-0.2, 0) is 11.3 Å². The fourth-order valence-electron chi connectivity index (χ4n) is 2.91. The standard InChI is InChI=1S/C22H23BrN4OS/c1-5-10-27-21(17-9-7-6-8-14(17)2)25-26-22(27)29-13-20(28)24-19-12-16(4)15(3)11-18(19)23/h5-9,11-12H,1,10,13H2,2-4H3,(H,24,28). The van der Waals surface area contributed by atoms with Crippen LogP contribution in [0.5, 0.6) is 0 Å². The second-order valence-electron chi connectivity index (χ2n) is 6.77. The van der Waals surface area contributed by atoms with E-state index in [-0.39, 0.29) is 11.7 Å². The van der Waals surface area contributed by atoms with Gasteiger partial charge in [0, 0.05) is 16.6 Å². The summed E-state index contributed by atoms with van der Waals surface area (Å²) < 4.78 is 2.86. The molecule has 3 aromatic rings. The van der Waals surface area contributed by atoms with E-state index in [0.29, 0.717) is 11.7 Å². The lowest BCUT2D eigenvalue weighted by Gasteiger charge is -2.11. The second-order valence-corrected chi connectivity index (χ2v) is 8.57. The molecule has 150 valence electrons. The molecule has 0 unspecified atom stereocenters. The number of nitrogens with zero attached hydrogens (tertiary/aromatic N) is 3. The number of hydrogen-bond donors (Lipinski definition) is 1. The molecule has 3 rings (SSSR count). The number of aryl methyl sites for hydroxylation is 3. The zero-order valence-electron chi connectivity index (χ0n) is 16.7. The van der Waals surface area contributed by atoms with Crippen LogP contribution in [0, 0.1) is 20.8 Å². The number of carbonyl (C=O) groups excluding carboxylic acids is 1. The summed E-state index contributed by atoms with van der Waals surface area (Å²) >= 11 is 4.88. The van der Waals surface area contributed by atoms with E-state index in [1.807, 2.05) is 61.7 Å². The predicted molar refractivity (Wildman–Crippen MR) is 123 cm³/mol. The zero-order valence-corrected chi connectivity index (χ0v) is 19.1. The first-order valence-corrected chi connectivity index (χ1v) is 11.0. The van der Waals surface area contributed by atoms with E-state index in [9.17, 15) is 4.79 Å². The maximum absolute atomic E-state index is 12.5. The minimum absolute atomic E-state index is 0.0930. The molecular weight excluding hydrogens is 448 g/mol. The Morgan fingerprint density at radius 3 is 2.62 bits per heavy atom. The molecule has 0 spiro atoms. The van der Waals surface area contributed by atoms with Crippen molar-refractivity contribution in [3.05, 3.63) is 70.2 Å². The van der Waals surface area contributed by atoms with Crippen molar-refractivity contribution >= 4 is 39.3 Å².